The Morgan fingerprint density at radius 3 is 3.05 bits per heavy atom. The zero-order chi connectivity index (χ0) is 14.1. The monoisotopic (exact) mass is 290 g/mol. The molecule has 3 rings (SSSR count). The molecule has 1 aliphatic heterocycles. The van der Waals surface area contributed by atoms with Crippen LogP contribution in [0.3, 0.4) is 0 Å². The van der Waals surface area contributed by atoms with Gasteiger partial charge in [0.2, 0.25) is 0 Å². The molecule has 0 unspecified atom stereocenters. The molecular weight excluding hydrogens is 272 g/mol. The zero-order valence-electron chi connectivity index (χ0n) is 11.6. The fourth-order valence-corrected chi connectivity index (χ4v) is 3.18. The number of aliphatic hydroxyl groups excluding tert-OH is 1. The quantitative estimate of drug-likeness (QED) is 0.922. The summed E-state index contributed by atoms with van der Waals surface area (Å²) in [6.07, 6.45) is 3.31. The Kier molecular flexibility index (Phi) is 3.92. The highest BCUT2D eigenvalue weighted by atomic mass is 35.5. The van der Waals surface area contributed by atoms with Crippen LogP contribution in [0.4, 0.5) is 0 Å². The number of piperidine rings is 1. The van der Waals surface area contributed by atoms with E-state index in [-0.39, 0.29) is 6.10 Å². The molecule has 106 valence electrons. The van der Waals surface area contributed by atoms with E-state index in [9.17, 15) is 5.11 Å². The second kappa shape index (κ2) is 5.68. The number of hydrogen-bond donors (Lipinski definition) is 1. The number of aromatic nitrogens is 1. The molecule has 1 fully saturated rings. The van der Waals surface area contributed by atoms with Crippen LogP contribution in [0.1, 0.15) is 25.3 Å². The van der Waals surface area contributed by atoms with Crippen molar-refractivity contribution in [3.8, 4) is 0 Å². The van der Waals surface area contributed by atoms with Crippen molar-refractivity contribution in [3.63, 3.8) is 0 Å². The van der Waals surface area contributed by atoms with Crippen LogP contribution in [-0.4, -0.2) is 33.7 Å². The lowest BCUT2D eigenvalue weighted by Gasteiger charge is -2.36. The summed E-state index contributed by atoms with van der Waals surface area (Å²) < 4.78 is 0. The van der Waals surface area contributed by atoms with Gasteiger partial charge in [-0.25, -0.2) is 0 Å². The van der Waals surface area contributed by atoms with Crippen LogP contribution in [0.25, 0.3) is 10.9 Å². The maximum Gasteiger partial charge on any atom is 0.0761 e. The average Bonchev–Trinajstić information content (AvgIpc) is 2.44. The van der Waals surface area contributed by atoms with Crippen LogP contribution in [-0.2, 0) is 6.54 Å². The van der Waals surface area contributed by atoms with Gasteiger partial charge < -0.3 is 5.11 Å². The van der Waals surface area contributed by atoms with Crippen molar-refractivity contribution < 1.29 is 5.11 Å². The molecule has 2 heterocycles. The van der Waals surface area contributed by atoms with Gasteiger partial charge in [0, 0.05) is 41.3 Å². The molecule has 4 heteroatoms. The van der Waals surface area contributed by atoms with Gasteiger partial charge in [-0.1, -0.05) is 23.7 Å². The molecule has 1 aliphatic rings. The number of fused-ring (bicyclic) bond motifs is 1. The number of benzene rings is 1. The first-order valence-electron chi connectivity index (χ1n) is 7.09. The maximum absolute atomic E-state index is 9.72. The van der Waals surface area contributed by atoms with Crippen LogP contribution >= 0.6 is 11.6 Å². The molecule has 0 saturated carbocycles. The van der Waals surface area contributed by atoms with Gasteiger partial charge in [-0.2, -0.15) is 0 Å². The summed E-state index contributed by atoms with van der Waals surface area (Å²) in [5.74, 6) is 0. The minimum atomic E-state index is -0.164. The highest BCUT2D eigenvalue weighted by Crippen LogP contribution is 2.28. The molecule has 1 N–H and O–H groups in total. The Bertz CT molecular complexity index is 616. The number of nitrogens with zero attached hydrogens (tertiary/aromatic N) is 2. The van der Waals surface area contributed by atoms with Gasteiger partial charge in [0.05, 0.1) is 11.6 Å². The van der Waals surface area contributed by atoms with Gasteiger partial charge in [0.15, 0.2) is 0 Å². The molecular formula is C16H19ClN2O. The lowest BCUT2D eigenvalue weighted by atomic mass is 9.99. The smallest absolute Gasteiger partial charge is 0.0761 e. The molecule has 2 atom stereocenters. The second-order valence-corrected chi connectivity index (χ2v) is 6.01. The Morgan fingerprint density at radius 2 is 2.25 bits per heavy atom. The van der Waals surface area contributed by atoms with E-state index in [1.807, 2.05) is 24.4 Å². The topological polar surface area (TPSA) is 36.4 Å². The molecule has 0 radical (unpaired) electrons. The van der Waals surface area contributed by atoms with Gasteiger partial charge in [-0.15, -0.1) is 0 Å². The highest BCUT2D eigenvalue weighted by molar-refractivity contribution is 6.32. The third-order valence-electron chi connectivity index (χ3n) is 4.17. The Labute approximate surface area is 124 Å². The van der Waals surface area contributed by atoms with Crippen molar-refractivity contribution in [1.29, 1.82) is 0 Å². The second-order valence-electron chi connectivity index (χ2n) is 5.60. The van der Waals surface area contributed by atoms with Crippen molar-refractivity contribution in [1.82, 2.24) is 9.88 Å². The number of rotatable bonds is 2. The van der Waals surface area contributed by atoms with E-state index in [4.69, 9.17) is 11.6 Å². The van der Waals surface area contributed by atoms with Crippen LogP contribution < -0.4 is 0 Å². The first kappa shape index (κ1) is 13.8. The predicted octanol–water partition coefficient (Wildman–Crippen LogP) is 3.23. The molecule has 0 spiro atoms. The van der Waals surface area contributed by atoms with Gasteiger partial charge in [0.1, 0.15) is 0 Å². The summed E-state index contributed by atoms with van der Waals surface area (Å²) in [6, 6.07) is 8.33. The standard InChI is InChI=1S/C16H19ClN2O/c1-11-9-13(20)6-8-19(11)10-14-15(17)5-4-12-3-2-7-18-16(12)14/h2-5,7,11,13,20H,6,8-10H2,1H3/t11-,13-/m1/s1. The fourth-order valence-electron chi connectivity index (χ4n) is 2.97. The van der Waals surface area contributed by atoms with E-state index in [1.54, 1.807) is 0 Å². The van der Waals surface area contributed by atoms with Gasteiger partial charge in [-0.3, -0.25) is 9.88 Å². The summed E-state index contributed by atoms with van der Waals surface area (Å²) in [4.78, 5) is 6.86. The van der Waals surface area contributed by atoms with Crippen molar-refractivity contribution in [2.24, 2.45) is 0 Å². The molecule has 0 amide bonds. The van der Waals surface area contributed by atoms with E-state index in [2.05, 4.69) is 22.9 Å². The Balaban J connectivity index is 1.92. The predicted molar refractivity (Wildman–Crippen MR) is 81.9 cm³/mol. The summed E-state index contributed by atoms with van der Waals surface area (Å²) in [5.41, 5.74) is 2.08. The molecule has 1 aromatic carbocycles. The summed E-state index contributed by atoms with van der Waals surface area (Å²) >= 11 is 6.38. The van der Waals surface area contributed by atoms with Crippen molar-refractivity contribution in [2.45, 2.75) is 38.5 Å². The molecule has 0 bridgehead atoms. The van der Waals surface area contributed by atoms with Crippen LogP contribution in [0.15, 0.2) is 30.5 Å². The largest absolute Gasteiger partial charge is 0.393 e. The number of hydrogen-bond acceptors (Lipinski definition) is 3. The van der Waals surface area contributed by atoms with Crippen LogP contribution in [0.5, 0.6) is 0 Å². The minimum absolute atomic E-state index is 0.164. The summed E-state index contributed by atoms with van der Waals surface area (Å²) in [6.45, 7) is 3.86. The zero-order valence-corrected chi connectivity index (χ0v) is 12.3. The van der Waals surface area contributed by atoms with Crippen LogP contribution in [0.2, 0.25) is 5.02 Å². The molecule has 20 heavy (non-hydrogen) atoms. The van der Waals surface area contributed by atoms with Gasteiger partial charge in [0.25, 0.3) is 0 Å². The Hall–Kier alpha value is -1.16. The highest BCUT2D eigenvalue weighted by Gasteiger charge is 2.25. The number of aliphatic hydroxyl groups is 1. The number of likely N-dealkylation sites (tertiary alicyclic amines) is 1. The van der Waals surface area contributed by atoms with Crippen molar-refractivity contribution in [3.05, 3.63) is 41.0 Å². The van der Waals surface area contributed by atoms with E-state index >= 15 is 0 Å². The fraction of sp³-hybridized carbons (Fsp3) is 0.438. The van der Waals surface area contributed by atoms with E-state index in [0.717, 1.165) is 47.4 Å². The van der Waals surface area contributed by atoms with Crippen LogP contribution in [0, 0.1) is 0 Å². The summed E-state index contributed by atoms with van der Waals surface area (Å²) in [5, 5.41) is 11.6. The van der Waals surface area contributed by atoms with Crippen molar-refractivity contribution in [2.75, 3.05) is 6.54 Å². The SMILES string of the molecule is C[C@@H]1C[C@H](O)CCN1Cc1c(Cl)ccc2cccnc12. The molecule has 1 aromatic heterocycles. The minimum Gasteiger partial charge on any atom is -0.393 e. The van der Waals surface area contributed by atoms with E-state index in [0.29, 0.717) is 6.04 Å². The summed E-state index contributed by atoms with van der Waals surface area (Å²) in [7, 11) is 0. The van der Waals surface area contributed by atoms with Gasteiger partial charge in [-0.05, 0) is 31.9 Å². The third kappa shape index (κ3) is 2.66. The molecule has 3 nitrogen and oxygen atoms in total. The first-order valence-corrected chi connectivity index (χ1v) is 7.47. The lowest BCUT2D eigenvalue weighted by Crippen LogP contribution is -2.42. The molecule has 2 aromatic rings. The average molecular weight is 291 g/mol. The van der Waals surface area contributed by atoms with Crippen molar-refractivity contribution >= 4 is 22.5 Å². The third-order valence-corrected chi connectivity index (χ3v) is 4.52. The van der Waals surface area contributed by atoms with E-state index in [1.165, 1.54) is 0 Å². The maximum atomic E-state index is 9.72. The number of pyridine rings is 1. The first-order chi connectivity index (χ1) is 9.65. The number of halogens is 1. The van der Waals surface area contributed by atoms with E-state index < -0.39 is 0 Å². The Morgan fingerprint density at radius 1 is 1.40 bits per heavy atom. The molecule has 1 saturated heterocycles. The lowest BCUT2D eigenvalue weighted by molar-refractivity contribution is 0.0444. The molecule has 0 aliphatic carbocycles. The van der Waals surface area contributed by atoms with Gasteiger partial charge >= 0.3 is 0 Å². The normalized spacial score (nSPS) is 24.1.